The Hall–Kier alpha value is -0.690. The van der Waals surface area contributed by atoms with Crippen LogP contribution in [0.2, 0.25) is 0 Å². The molecule has 6 heteroatoms. The lowest BCUT2D eigenvalue weighted by Crippen LogP contribution is -2.29. The van der Waals surface area contributed by atoms with Crippen molar-refractivity contribution in [3.63, 3.8) is 0 Å². The second-order valence-electron chi connectivity index (χ2n) is 11.4. The van der Waals surface area contributed by atoms with Gasteiger partial charge in [0.25, 0.3) is 0 Å². The van der Waals surface area contributed by atoms with Crippen LogP contribution in [0.5, 0.6) is 0 Å². The fourth-order valence-corrected chi connectivity index (χ4v) is 3.30. The van der Waals surface area contributed by atoms with Crippen molar-refractivity contribution >= 4 is 5.97 Å². The number of hydrogen-bond donors (Lipinski definition) is 0. The van der Waals surface area contributed by atoms with Crippen molar-refractivity contribution in [1.82, 2.24) is 0 Å². The summed E-state index contributed by atoms with van der Waals surface area (Å²) in [5, 5.41) is 0. The maximum atomic E-state index is 12.0. The highest BCUT2D eigenvalue weighted by Crippen LogP contribution is 2.17. The van der Waals surface area contributed by atoms with Gasteiger partial charge in [0, 0.05) is 12.8 Å². The Kier molecular flexibility index (Phi) is 20.1. The van der Waals surface area contributed by atoms with Crippen LogP contribution in [0, 0.1) is 0 Å². The van der Waals surface area contributed by atoms with Crippen LogP contribution in [0.4, 0.5) is 0 Å². The van der Waals surface area contributed by atoms with Crippen LogP contribution in [-0.2, 0) is 29.1 Å². The van der Waals surface area contributed by atoms with Gasteiger partial charge in [0.05, 0.1) is 17.8 Å². The van der Waals surface area contributed by atoms with Gasteiger partial charge >= 0.3 is 5.97 Å². The molecule has 0 aliphatic carbocycles. The molecule has 0 rings (SSSR count). The van der Waals surface area contributed by atoms with Gasteiger partial charge in [-0.3, -0.25) is 4.79 Å². The first-order valence-corrected chi connectivity index (χ1v) is 13.9. The predicted molar refractivity (Wildman–Crippen MR) is 138 cm³/mol. The zero-order valence-electron chi connectivity index (χ0n) is 23.5. The van der Waals surface area contributed by atoms with Gasteiger partial charge in [-0.2, -0.15) is 0 Å². The van der Waals surface area contributed by atoms with E-state index in [9.17, 15) is 4.79 Å². The Morgan fingerprint density at radius 3 is 1.44 bits per heavy atom. The molecule has 0 radical (unpaired) electrons. The molecule has 0 N–H and O–H groups in total. The summed E-state index contributed by atoms with van der Waals surface area (Å²) < 4.78 is 5.36. The molecule has 0 bridgehead atoms. The first-order valence-electron chi connectivity index (χ1n) is 13.9. The number of ether oxygens (including phenoxy) is 1. The van der Waals surface area contributed by atoms with E-state index in [-0.39, 0.29) is 5.97 Å². The van der Waals surface area contributed by atoms with E-state index in [1.807, 2.05) is 41.5 Å². The van der Waals surface area contributed by atoms with Crippen LogP contribution in [0.3, 0.4) is 0 Å². The molecule has 0 atom stereocenters. The normalized spacial score (nSPS) is 12.5. The summed E-state index contributed by atoms with van der Waals surface area (Å²) in [5.41, 5.74) is -0.909. The maximum Gasteiger partial charge on any atom is 0.305 e. The van der Waals surface area contributed by atoms with Gasteiger partial charge in [0.2, 0.25) is 6.29 Å². The van der Waals surface area contributed by atoms with Gasteiger partial charge in [-0.1, -0.05) is 84.0 Å². The van der Waals surface area contributed by atoms with Gasteiger partial charge in [-0.15, -0.1) is 0 Å². The van der Waals surface area contributed by atoms with Crippen LogP contribution >= 0.6 is 0 Å². The van der Waals surface area contributed by atoms with E-state index in [0.29, 0.717) is 25.9 Å². The zero-order chi connectivity index (χ0) is 25.7. The third-order valence-corrected chi connectivity index (χ3v) is 5.14. The minimum absolute atomic E-state index is 0.127. The third kappa shape index (κ3) is 25.9. The minimum Gasteiger partial charge on any atom is -0.466 e. The second kappa shape index (κ2) is 20.5. The largest absolute Gasteiger partial charge is 0.466 e. The van der Waals surface area contributed by atoms with E-state index in [1.165, 1.54) is 70.6 Å². The monoisotopic (exact) mass is 488 g/mol. The van der Waals surface area contributed by atoms with E-state index >= 15 is 0 Å². The van der Waals surface area contributed by atoms with Crippen molar-refractivity contribution in [1.29, 1.82) is 0 Å². The number of esters is 1. The van der Waals surface area contributed by atoms with Crippen molar-refractivity contribution in [2.45, 2.75) is 169 Å². The zero-order valence-corrected chi connectivity index (χ0v) is 23.5. The molecule has 0 saturated heterocycles. The molecule has 6 nitrogen and oxygen atoms in total. The maximum absolute atomic E-state index is 12.0. The number of rotatable bonds is 22. The van der Waals surface area contributed by atoms with Crippen molar-refractivity contribution in [3.8, 4) is 0 Å². The first kappa shape index (κ1) is 33.3. The molecule has 0 saturated carbocycles. The van der Waals surface area contributed by atoms with Gasteiger partial charge in [0.1, 0.15) is 0 Å². The number of hydrogen-bond acceptors (Lipinski definition) is 6. The summed E-state index contributed by atoms with van der Waals surface area (Å²) in [7, 11) is 0. The SMILES string of the molecule is CCCCCCCCCCCCCCCC(=O)OCCCC(OOC(C)(C)C)OOC(C)(C)C. The fourth-order valence-electron chi connectivity index (χ4n) is 3.30. The molecule has 0 fully saturated rings. The smallest absolute Gasteiger partial charge is 0.305 e. The Labute approximate surface area is 210 Å². The topological polar surface area (TPSA) is 63.2 Å². The van der Waals surface area contributed by atoms with Gasteiger partial charge < -0.3 is 4.74 Å². The Morgan fingerprint density at radius 1 is 0.618 bits per heavy atom. The van der Waals surface area contributed by atoms with Crippen LogP contribution in [0.15, 0.2) is 0 Å². The number of unbranched alkanes of at least 4 members (excludes halogenated alkanes) is 12. The lowest BCUT2D eigenvalue weighted by molar-refractivity contribution is -0.498. The molecule has 204 valence electrons. The number of carbonyl (C=O) groups is 1. The molecular weight excluding hydrogens is 432 g/mol. The quantitative estimate of drug-likeness (QED) is 0.0499. The number of carbonyl (C=O) groups excluding carboxylic acids is 1. The highest BCUT2D eigenvalue weighted by Gasteiger charge is 2.21. The molecule has 34 heavy (non-hydrogen) atoms. The fraction of sp³-hybridized carbons (Fsp3) is 0.964. The molecular formula is C28H56O6. The Balaban J connectivity index is 3.70. The second-order valence-corrected chi connectivity index (χ2v) is 11.4. The van der Waals surface area contributed by atoms with Gasteiger partial charge in [0.15, 0.2) is 0 Å². The van der Waals surface area contributed by atoms with E-state index in [1.54, 1.807) is 0 Å². The minimum atomic E-state index is -0.682. The van der Waals surface area contributed by atoms with Crippen LogP contribution in [0.25, 0.3) is 0 Å². The Morgan fingerprint density at radius 2 is 1.03 bits per heavy atom. The van der Waals surface area contributed by atoms with Crippen molar-refractivity contribution < 1.29 is 29.1 Å². The lowest BCUT2D eigenvalue weighted by Gasteiger charge is -2.25. The molecule has 0 aliphatic rings. The average Bonchev–Trinajstić information content (AvgIpc) is 2.74. The molecule has 0 aromatic carbocycles. The molecule has 0 aromatic rings. The Bertz CT molecular complexity index is 448. The third-order valence-electron chi connectivity index (χ3n) is 5.14. The summed E-state index contributed by atoms with van der Waals surface area (Å²) in [5.74, 6) is -0.127. The summed E-state index contributed by atoms with van der Waals surface area (Å²) in [6.07, 6.45) is 17.8. The summed E-state index contributed by atoms with van der Waals surface area (Å²) >= 11 is 0. The summed E-state index contributed by atoms with van der Waals surface area (Å²) in [4.78, 5) is 33.4. The van der Waals surface area contributed by atoms with E-state index in [4.69, 9.17) is 24.3 Å². The van der Waals surface area contributed by atoms with Crippen LogP contribution < -0.4 is 0 Å². The molecule has 0 heterocycles. The standard InChI is InChI=1S/C28H56O6/c1-8-9-10-11-12-13-14-15-16-17-18-19-20-22-25(29)30-24-21-23-26(31-33-27(2,3)4)32-34-28(5,6)7/h26H,8-24H2,1-7H3. The lowest BCUT2D eigenvalue weighted by atomic mass is 10.0. The van der Waals surface area contributed by atoms with Crippen LogP contribution in [-0.4, -0.2) is 30.1 Å². The van der Waals surface area contributed by atoms with E-state index in [0.717, 1.165) is 12.8 Å². The van der Waals surface area contributed by atoms with Crippen LogP contribution in [0.1, 0.15) is 151 Å². The van der Waals surface area contributed by atoms with Crippen molar-refractivity contribution in [3.05, 3.63) is 0 Å². The summed E-state index contributed by atoms with van der Waals surface area (Å²) in [6, 6.07) is 0. The van der Waals surface area contributed by atoms with E-state index < -0.39 is 17.5 Å². The highest BCUT2D eigenvalue weighted by molar-refractivity contribution is 5.69. The predicted octanol–water partition coefficient (Wildman–Crippen LogP) is 8.61. The van der Waals surface area contributed by atoms with E-state index in [2.05, 4.69) is 6.92 Å². The molecule has 0 aromatic heterocycles. The molecule has 0 amide bonds. The highest BCUT2D eigenvalue weighted by atomic mass is 17.3. The molecule has 0 unspecified atom stereocenters. The van der Waals surface area contributed by atoms with Gasteiger partial charge in [-0.25, -0.2) is 19.6 Å². The summed E-state index contributed by atoms with van der Waals surface area (Å²) in [6.45, 7) is 14.0. The first-order chi connectivity index (χ1) is 16.0. The molecule has 0 aliphatic heterocycles. The van der Waals surface area contributed by atoms with Gasteiger partial charge in [-0.05, 0) is 54.4 Å². The van der Waals surface area contributed by atoms with Crippen molar-refractivity contribution in [2.24, 2.45) is 0 Å². The van der Waals surface area contributed by atoms with Crippen molar-refractivity contribution in [2.75, 3.05) is 6.61 Å². The average molecular weight is 489 g/mol. The molecule has 0 spiro atoms.